The third-order valence-electron chi connectivity index (χ3n) is 4.47. The van der Waals surface area contributed by atoms with Gasteiger partial charge < -0.3 is 9.47 Å². The van der Waals surface area contributed by atoms with Gasteiger partial charge in [-0.3, -0.25) is 9.05 Å². The zero-order chi connectivity index (χ0) is 21.9. The first-order valence-corrected chi connectivity index (χ1v) is 11.7. The van der Waals surface area contributed by atoms with Crippen molar-refractivity contribution in [3.63, 3.8) is 0 Å². The molecule has 0 saturated heterocycles. The second-order valence-electron chi connectivity index (χ2n) is 6.42. The summed E-state index contributed by atoms with van der Waals surface area (Å²) < 4.78 is 35.0. The van der Waals surface area contributed by atoms with E-state index in [1.54, 1.807) is 26.8 Å². The van der Waals surface area contributed by atoms with Gasteiger partial charge >= 0.3 is 13.7 Å². The first-order valence-electron chi connectivity index (χ1n) is 10.1. The monoisotopic (exact) mass is 432 g/mol. The van der Waals surface area contributed by atoms with Crippen molar-refractivity contribution >= 4 is 13.7 Å². The maximum absolute atomic E-state index is 13.1. The molecule has 1 aliphatic rings. The van der Waals surface area contributed by atoms with Crippen LogP contribution in [0.3, 0.4) is 0 Å². The summed E-state index contributed by atoms with van der Waals surface area (Å²) in [6.45, 7) is 9.68. The van der Waals surface area contributed by atoms with E-state index in [1.165, 1.54) is 0 Å². The molecule has 166 valence electrons. The fraction of sp³-hybridized carbons (Fsp3) is 0.833. The van der Waals surface area contributed by atoms with Gasteiger partial charge in [0.15, 0.2) is 0 Å². The van der Waals surface area contributed by atoms with Crippen LogP contribution in [0.25, 0.3) is 10.4 Å². The van der Waals surface area contributed by atoms with Gasteiger partial charge in [0, 0.05) is 10.5 Å². The van der Waals surface area contributed by atoms with Gasteiger partial charge in [-0.2, -0.15) is 0 Å². The molecule has 0 amide bonds. The number of hydrogen-bond donors (Lipinski definition) is 1. The summed E-state index contributed by atoms with van der Waals surface area (Å²) >= 11 is 0. The molecule has 0 saturated carbocycles. The van der Waals surface area contributed by atoms with Crippen molar-refractivity contribution in [1.29, 1.82) is 0 Å². The Hall–Kier alpha value is -1.41. The zero-order valence-corrected chi connectivity index (χ0v) is 18.8. The van der Waals surface area contributed by atoms with Crippen molar-refractivity contribution < 1.29 is 27.9 Å². The first-order chi connectivity index (χ1) is 13.9. The molecule has 3 atom stereocenters. The van der Waals surface area contributed by atoms with Gasteiger partial charge in [-0.1, -0.05) is 19.0 Å². The van der Waals surface area contributed by atoms with Crippen LogP contribution >= 0.6 is 7.75 Å². The number of nitrogens with one attached hydrogen (secondary N) is 1. The number of carbonyl (C=O) groups excluding carboxylic acids is 1. The fourth-order valence-electron chi connectivity index (χ4n) is 3.12. The van der Waals surface area contributed by atoms with E-state index in [9.17, 15) is 9.36 Å². The second-order valence-corrected chi connectivity index (χ2v) is 8.19. The smallest absolute Gasteiger partial charge is 0.405 e. The number of azide groups is 1. The van der Waals surface area contributed by atoms with Crippen molar-refractivity contribution in [3.8, 4) is 0 Å². The highest BCUT2D eigenvalue weighted by molar-refractivity contribution is 7.51. The Morgan fingerprint density at radius 2 is 1.86 bits per heavy atom. The van der Waals surface area contributed by atoms with Crippen LogP contribution in [0, 0.1) is 0 Å². The molecule has 1 aliphatic carbocycles. The van der Waals surface area contributed by atoms with E-state index in [0.717, 1.165) is 12.8 Å². The first kappa shape index (κ1) is 25.6. The highest BCUT2D eigenvalue weighted by atomic mass is 31.2. The summed E-state index contributed by atoms with van der Waals surface area (Å²) in [7, 11) is -3.66. The third-order valence-corrected chi connectivity index (χ3v) is 6.28. The maximum Gasteiger partial charge on any atom is 0.405 e. The molecule has 0 aromatic carbocycles. The fourth-order valence-corrected chi connectivity index (χ4v) is 4.70. The van der Waals surface area contributed by atoms with Gasteiger partial charge in [-0.15, -0.1) is 0 Å². The van der Waals surface area contributed by atoms with E-state index >= 15 is 0 Å². The molecule has 10 nitrogen and oxygen atoms in total. The quantitative estimate of drug-likeness (QED) is 0.151. The summed E-state index contributed by atoms with van der Waals surface area (Å²) in [6.07, 6.45) is 2.51. The van der Waals surface area contributed by atoms with Gasteiger partial charge in [0.1, 0.15) is 0 Å². The summed E-state index contributed by atoms with van der Waals surface area (Å²) in [5.41, 5.74) is 9.41. The summed E-state index contributed by atoms with van der Waals surface area (Å²) in [5.74, 6) is -0.486. The third kappa shape index (κ3) is 7.74. The Morgan fingerprint density at radius 3 is 2.34 bits per heavy atom. The second kappa shape index (κ2) is 13.0. The van der Waals surface area contributed by atoms with E-state index < -0.39 is 31.9 Å². The van der Waals surface area contributed by atoms with Gasteiger partial charge in [-0.05, 0) is 51.6 Å². The van der Waals surface area contributed by atoms with Crippen molar-refractivity contribution in [3.05, 3.63) is 22.1 Å². The lowest BCUT2D eigenvalue weighted by atomic mass is 9.89. The van der Waals surface area contributed by atoms with E-state index in [4.69, 9.17) is 24.1 Å². The van der Waals surface area contributed by atoms with E-state index in [-0.39, 0.29) is 32.3 Å². The number of nitrogens with zero attached hydrogens (tertiary/aromatic N) is 3. The lowest BCUT2D eigenvalue weighted by Gasteiger charge is -2.37. The Balaban J connectivity index is 3.33. The van der Waals surface area contributed by atoms with Crippen LogP contribution in [0.1, 0.15) is 53.9 Å². The molecule has 0 unspecified atom stereocenters. The predicted octanol–water partition coefficient (Wildman–Crippen LogP) is 4.27. The average Bonchev–Trinajstić information content (AvgIpc) is 2.68. The Morgan fingerprint density at radius 1 is 1.24 bits per heavy atom. The molecular formula is C18H33N4O6P. The minimum absolute atomic E-state index is 0.0904. The van der Waals surface area contributed by atoms with Gasteiger partial charge in [0.25, 0.3) is 0 Å². The predicted molar refractivity (Wildman–Crippen MR) is 109 cm³/mol. The van der Waals surface area contributed by atoms with Gasteiger partial charge in [-0.25, -0.2) is 14.4 Å². The minimum Gasteiger partial charge on any atom is -0.463 e. The molecule has 11 heteroatoms. The van der Waals surface area contributed by atoms with Gasteiger partial charge in [0.2, 0.25) is 0 Å². The molecule has 0 fully saturated rings. The number of carbonyl (C=O) groups is 1. The van der Waals surface area contributed by atoms with Crippen LogP contribution in [-0.4, -0.2) is 50.1 Å². The van der Waals surface area contributed by atoms with E-state index in [1.807, 2.05) is 13.8 Å². The zero-order valence-electron chi connectivity index (χ0n) is 17.9. The number of esters is 1. The van der Waals surface area contributed by atoms with Crippen LogP contribution in [-0.2, 0) is 27.9 Å². The highest BCUT2D eigenvalue weighted by Crippen LogP contribution is 2.46. The molecule has 0 aromatic heterocycles. The van der Waals surface area contributed by atoms with Gasteiger partial charge in [0.05, 0.1) is 44.1 Å². The summed E-state index contributed by atoms with van der Waals surface area (Å²) in [6, 6.07) is -1.44. The molecule has 0 radical (unpaired) electrons. The Labute approximate surface area is 172 Å². The maximum atomic E-state index is 13.1. The molecule has 1 rings (SSSR count). The van der Waals surface area contributed by atoms with Crippen molar-refractivity contribution in [2.75, 3.05) is 19.8 Å². The minimum atomic E-state index is -3.66. The Kier molecular flexibility index (Phi) is 11.5. The van der Waals surface area contributed by atoms with E-state index in [0.29, 0.717) is 5.57 Å². The molecule has 0 aromatic rings. The lowest BCUT2D eigenvalue weighted by molar-refractivity contribution is -0.139. The van der Waals surface area contributed by atoms with Crippen molar-refractivity contribution in [2.24, 2.45) is 5.11 Å². The topological polar surface area (TPSA) is 132 Å². The van der Waals surface area contributed by atoms with Crippen LogP contribution in [0.5, 0.6) is 0 Å². The summed E-state index contributed by atoms with van der Waals surface area (Å²) in [4.78, 5) is 15.2. The normalized spacial score (nSPS) is 22.1. The van der Waals surface area contributed by atoms with Crippen LogP contribution < -0.4 is 5.09 Å². The largest absolute Gasteiger partial charge is 0.463 e. The summed E-state index contributed by atoms with van der Waals surface area (Å²) in [5, 5.41) is 6.72. The number of hydrogen-bond acceptors (Lipinski definition) is 7. The average molecular weight is 432 g/mol. The molecular weight excluding hydrogens is 399 g/mol. The van der Waals surface area contributed by atoms with Crippen molar-refractivity contribution in [2.45, 2.75) is 78.2 Å². The van der Waals surface area contributed by atoms with Crippen LogP contribution in [0.15, 0.2) is 16.8 Å². The molecule has 0 bridgehead atoms. The molecule has 0 spiro atoms. The molecule has 0 aliphatic heterocycles. The van der Waals surface area contributed by atoms with Crippen LogP contribution in [0.2, 0.25) is 0 Å². The lowest BCUT2D eigenvalue weighted by Crippen LogP contribution is -2.51. The molecule has 0 heterocycles. The van der Waals surface area contributed by atoms with Crippen LogP contribution in [0.4, 0.5) is 0 Å². The molecule has 1 N–H and O–H groups in total. The number of rotatable bonds is 13. The number of ether oxygens (including phenoxy) is 2. The Bertz CT molecular complexity index is 638. The molecule has 29 heavy (non-hydrogen) atoms. The standard InChI is InChI=1S/C18H33N4O6P/c1-6-14(7-2)28-16-12-13(18(23)25-8-3)11-15(20-22-19)17(16)21-29(24,26-9-4)27-10-5/h12,14-17H,6-11H2,1-5H3,(H,21,24)/t15-,16+,17+/m0/s1. The van der Waals surface area contributed by atoms with E-state index in [2.05, 4.69) is 15.1 Å². The SMILES string of the molecule is CCOC(=O)C1=C[C@@H](OC(CC)CC)[C@H](NP(=O)(OCC)OCC)[C@@H](N=[N+]=[N-])C1. The highest BCUT2D eigenvalue weighted by Gasteiger charge is 2.41. The van der Waals surface area contributed by atoms with Crippen molar-refractivity contribution in [1.82, 2.24) is 5.09 Å².